The number of amides is 1. The van der Waals surface area contributed by atoms with Gasteiger partial charge in [0.05, 0.1) is 7.11 Å². The molecule has 1 unspecified atom stereocenters. The molecule has 0 spiro atoms. The van der Waals surface area contributed by atoms with Gasteiger partial charge in [-0.3, -0.25) is 0 Å². The van der Waals surface area contributed by atoms with E-state index in [4.69, 9.17) is 0 Å². The summed E-state index contributed by atoms with van der Waals surface area (Å²) in [5.41, 5.74) is 0. The standard InChI is InChI=1S/C11H22N2O2/c1-15-11(14)13-8-3-2-5-10-6-4-7-12-9-10/h10,12H,2-9H2,1H3,(H,13,14). The number of rotatable bonds is 5. The first-order valence-electron chi connectivity index (χ1n) is 5.85. The third-order valence-corrected chi connectivity index (χ3v) is 2.89. The number of carbonyl (C=O) groups excluding carboxylic acids is 1. The summed E-state index contributed by atoms with van der Waals surface area (Å²) in [4.78, 5) is 10.7. The maximum absolute atomic E-state index is 10.7. The van der Waals surface area contributed by atoms with E-state index < -0.39 is 0 Å². The van der Waals surface area contributed by atoms with Gasteiger partial charge < -0.3 is 15.4 Å². The van der Waals surface area contributed by atoms with E-state index in [1.165, 1.54) is 45.9 Å². The SMILES string of the molecule is COC(=O)NCCCCC1CCCNC1. The molecule has 1 fully saturated rings. The average Bonchev–Trinajstić information content (AvgIpc) is 2.29. The van der Waals surface area contributed by atoms with Crippen LogP contribution in [0, 0.1) is 5.92 Å². The summed E-state index contributed by atoms with van der Waals surface area (Å²) in [6, 6.07) is 0. The van der Waals surface area contributed by atoms with Crippen LogP contribution >= 0.6 is 0 Å². The van der Waals surface area contributed by atoms with E-state index in [2.05, 4.69) is 15.4 Å². The Morgan fingerprint density at radius 1 is 1.53 bits per heavy atom. The molecule has 0 saturated carbocycles. The predicted molar refractivity (Wildman–Crippen MR) is 59.9 cm³/mol. The molecule has 2 N–H and O–H groups in total. The predicted octanol–water partition coefficient (Wildman–Crippen LogP) is 1.51. The maximum Gasteiger partial charge on any atom is 0.406 e. The number of unbranched alkanes of at least 4 members (excludes halogenated alkanes) is 1. The van der Waals surface area contributed by atoms with Crippen molar-refractivity contribution in [2.45, 2.75) is 32.1 Å². The first kappa shape index (κ1) is 12.3. The van der Waals surface area contributed by atoms with Gasteiger partial charge in [-0.1, -0.05) is 6.42 Å². The Balaban J connectivity index is 1.89. The average molecular weight is 214 g/mol. The molecule has 1 atom stereocenters. The minimum Gasteiger partial charge on any atom is -0.453 e. The molecule has 1 amide bonds. The van der Waals surface area contributed by atoms with Crippen LogP contribution in [0.5, 0.6) is 0 Å². The third-order valence-electron chi connectivity index (χ3n) is 2.89. The van der Waals surface area contributed by atoms with Gasteiger partial charge in [-0.25, -0.2) is 4.79 Å². The molecule has 1 aliphatic rings. The van der Waals surface area contributed by atoms with Crippen molar-refractivity contribution in [2.75, 3.05) is 26.7 Å². The van der Waals surface area contributed by atoms with Crippen LogP contribution < -0.4 is 10.6 Å². The van der Waals surface area contributed by atoms with Crippen LogP contribution in [-0.4, -0.2) is 32.8 Å². The lowest BCUT2D eigenvalue weighted by molar-refractivity contribution is 0.170. The molecule has 0 aromatic heterocycles. The van der Waals surface area contributed by atoms with Crippen LogP contribution in [0.3, 0.4) is 0 Å². The van der Waals surface area contributed by atoms with E-state index in [0.717, 1.165) is 18.9 Å². The van der Waals surface area contributed by atoms with Crippen LogP contribution in [0.15, 0.2) is 0 Å². The second-order valence-corrected chi connectivity index (χ2v) is 4.13. The monoisotopic (exact) mass is 214 g/mol. The summed E-state index contributed by atoms with van der Waals surface area (Å²) >= 11 is 0. The molecule has 1 heterocycles. The van der Waals surface area contributed by atoms with Gasteiger partial charge in [-0.15, -0.1) is 0 Å². The Morgan fingerprint density at radius 2 is 2.40 bits per heavy atom. The van der Waals surface area contributed by atoms with Gasteiger partial charge in [-0.2, -0.15) is 0 Å². The van der Waals surface area contributed by atoms with Gasteiger partial charge in [0.2, 0.25) is 0 Å². The normalized spacial score (nSPS) is 21.0. The van der Waals surface area contributed by atoms with Crippen LogP contribution in [-0.2, 0) is 4.74 Å². The molecule has 1 saturated heterocycles. The number of hydrogen-bond donors (Lipinski definition) is 2. The second kappa shape index (κ2) is 7.51. The molecule has 88 valence electrons. The summed E-state index contributed by atoms with van der Waals surface area (Å²) < 4.78 is 4.49. The highest BCUT2D eigenvalue weighted by Gasteiger charge is 2.11. The number of alkyl carbamates (subject to hydrolysis) is 1. The molecule has 4 nitrogen and oxygen atoms in total. The van der Waals surface area contributed by atoms with Gasteiger partial charge in [0.1, 0.15) is 0 Å². The number of ether oxygens (including phenoxy) is 1. The van der Waals surface area contributed by atoms with Crippen LogP contribution in [0.1, 0.15) is 32.1 Å². The van der Waals surface area contributed by atoms with Crippen molar-refractivity contribution < 1.29 is 9.53 Å². The van der Waals surface area contributed by atoms with E-state index in [1.807, 2.05) is 0 Å². The topological polar surface area (TPSA) is 50.4 Å². The van der Waals surface area contributed by atoms with Gasteiger partial charge in [0, 0.05) is 6.54 Å². The fourth-order valence-electron chi connectivity index (χ4n) is 1.99. The van der Waals surface area contributed by atoms with Crippen LogP contribution in [0.25, 0.3) is 0 Å². The zero-order chi connectivity index (χ0) is 10.9. The molecule has 0 aliphatic carbocycles. The van der Waals surface area contributed by atoms with Gasteiger partial charge >= 0.3 is 6.09 Å². The Bertz CT molecular complexity index is 179. The summed E-state index contributed by atoms with van der Waals surface area (Å²) in [5.74, 6) is 0.844. The smallest absolute Gasteiger partial charge is 0.406 e. The summed E-state index contributed by atoms with van der Waals surface area (Å²) in [6.07, 6.45) is 5.86. The number of nitrogens with one attached hydrogen (secondary N) is 2. The largest absolute Gasteiger partial charge is 0.453 e. The first-order valence-corrected chi connectivity index (χ1v) is 5.85. The van der Waals surface area contributed by atoms with Gasteiger partial charge in [0.15, 0.2) is 0 Å². The summed E-state index contributed by atoms with van der Waals surface area (Å²) in [6.45, 7) is 3.08. The van der Waals surface area contributed by atoms with Crippen molar-refractivity contribution in [1.29, 1.82) is 0 Å². The molecular formula is C11H22N2O2. The fourth-order valence-corrected chi connectivity index (χ4v) is 1.99. The van der Waals surface area contributed by atoms with E-state index in [1.54, 1.807) is 0 Å². The Kier molecular flexibility index (Phi) is 6.16. The van der Waals surface area contributed by atoms with E-state index in [-0.39, 0.29) is 6.09 Å². The third kappa shape index (κ3) is 5.62. The van der Waals surface area contributed by atoms with Crippen molar-refractivity contribution in [2.24, 2.45) is 5.92 Å². The summed E-state index contributed by atoms with van der Waals surface area (Å²) in [7, 11) is 1.39. The van der Waals surface area contributed by atoms with Crippen molar-refractivity contribution >= 4 is 6.09 Å². The lowest BCUT2D eigenvalue weighted by Gasteiger charge is -2.22. The molecule has 0 aromatic rings. The molecule has 0 bridgehead atoms. The Labute approximate surface area is 91.8 Å². The molecule has 0 aromatic carbocycles. The molecular weight excluding hydrogens is 192 g/mol. The zero-order valence-electron chi connectivity index (χ0n) is 9.55. The summed E-state index contributed by atoms with van der Waals surface area (Å²) in [5, 5.41) is 6.11. The van der Waals surface area contributed by atoms with Crippen molar-refractivity contribution in [1.82, 2.24) is 10.6 Å². The van der Waals surface area contributed by atoms with Crippen molar-refractivity contribution in [3.05, 3.63) is 0 Å². The van der Waals surface area contributed by atoms with Crippen molar-refractivity contribution in [3.8, 4) is 0 Å². The molecule has 1 rings (SSSR count). The highest BCUT2D eigenvalue weighted by atomic mass is 16.5. The fraction of sp³-hybridized carbons (Fsp3) is 0.909. The quantitative estimate of drug-likeness (QED) is 0.682. The molecule has 1 aliphatic heterocycles. The molecule has 0 radical (unpaired) electrons. The Hall–Kier alpha value is -0.770. The van der Waals surface area contributed by atoms with E-state index in [9.17, 15) is 4.79 Å². The van der Waals surface area contributed by atoms with E-state index >= 15 is 0 Å². The maximum atomic E-state index is 10.7. The highest BCUT2D eigenvalue weighted by Crippen LogP contribution is 2.16. The second-order valence-electron chi connectivity index (χ2n) is 4.13. The van der Waals surface area contributed by atoms with Crippen LogP contribution in [0.2, 0.25) is 0 Å². The number of piperidine rings is 1. The number of methoxy groups -OCH3 is 1. The van der Waals surface area contributed by atoms with Crippen LogP contribution in [0.4, 0.5) is 4.79 Å². The zero-order valence-corrected chi connectivity index (χ0v) is 9.55. The molecule has 15 heavy (non-hydrogen) atoms. The lowest BCUT2D eigenvalue weighted by Crippen LogP contribution is -2.30. The number of hydrogen-bond acceptors (Lipinski definition) is 3. The highest BCUT2D eigenvalue weighted by molar-refractivity contribution is 5.66. The van der Waals surface area contributed by atoms with Gasteiger partial charge in [0.25, 0.3) is 0 Å². The minimum atomic E-state index is -0.325. The molecule has 4 heteroatoms. The van der Waals surface area contributed by atoms with Gasteiger partial charge in [-0.05, 0) is 44.7 Å². The minimum absolute atomic E-state index is 0.325. The Morgan fingerprint density at radius 3 is 3.07 bits per heavy atom. The van der Waals surface area contributed by atoms with E-state index in [0.29, 0.717) is 0 Å². The lowest BCUT2D eigenvalue weighted by atomic mass is 9.94. The van der Waals surface area contributed by atoms with Crippen molar-refractivity contribution in [3.63, 3.8) is 0 Å². The first-order chi connectivity index (χ1) is 7.33. The number of carbonyl (C=O) groups is 1.